The van der Waals surface area contributed by atoms with Crippen LogP contribution in [0, 0.1) is 6.92 Å². The quantitative estimate of drug-likeness (QED) is 0.886. The van der Waals surface area contributed by atoms with Gasteiger partial charge in [-0.25, -0.2) is 18.1 Å². The Kier molecular flexibility index (Phi) is 4.97. The number of nitrogens with one attached hydrogen (secondary N) is 1. The van der Waals surface area contributed by atoms with E-state index >= 15 is 0 Å². The number of hydrogen-bond acceptors (Lipinski definition) is 5. The molecule has 0 saturated carbocycles. The fraction of sp³-hybridized carbons (Fsp3) is 0.357. The number of rotatable bonds is 6. The van der Waals surface area contributed by atoms with E-state index in [4.69, 9.17) is 4.74 Å². The lowest BCUT2D eigenvalue weighted by Gasteiger charge is -2.14. The SMILES string of the molecule is CCOc1ccc(S(=O)(=O)N[C@@H](C)c2nccs2)c(C)c1. The van der Waals surface area contributed by atoms with Gasteiger partial charge in [-0.3, -0.25) is 0 Å². The second kappa shape index (κ2) is 6.55. The number of ether oxygens (including phenoxy) is 1. The maximum atomic E-state index is 12.5. The zero-order valence-electron chi connectivity index (χ0n) is 12.2. The van der Waals surface area contributed by atoms with Crippen molar-refractivity contribution in [3.05, 3.63) is 40.3 Å². The minimum Gasteiger partial charge on any atom is -0.494 e. The molecule has 1 aromatic carbocycles. The van der Waals surface area contributed by atoms with Crippen LogP contribution in [0.25, 0.3) is 0 Å². The van der Waals surface area contributed by atoms with Crippen molar-refractivity contribution in [1.82, 2.24) is 9.71 Å². The molecule has 5 nitrogen and oxygen atoms in total. The summed E-state index contributed by atoms with van der Waals surface area (Å²) >= 11 is 1.42. The first-order valence-electron chi connectivity index (χ1n) is 6.59. The molecular weight excluding hydrogens is 308 g/mol. The van der Waals surface area contributed by atoms with Crippen molar-refractivity contribution in [2.45, 2.75) is 31.7 Å². The summed E-state index contributed by atoms with van der Waals surface area (Å²) in [5, 5.41) is 2.56. The van der Waals surface area contributed by atoms with Crippen molar-refractivity contribution in [3.63, 3.8) is 0 Å². The van der Waals surface area contributed by atoms with Crippen LogP contribution in [0.3, 0.4) is 0 Å². The van der Waals surface area contributed by atoms with Gasteiger partial charge in [-0.05, 0) is 44.5 Å². The largest absolute Gasteiger partial charge is 0.494 e. The zero-order chi connectivity index (χ0) is 15.5. The van der Waals surface area contributed by atoms with Crippen LogP contribution >= 0.6 is 11.3 Å². The number of nitrogens with zero attached hydrogens (tertiary/aromatic N) is 1. The van der Waals surface area contributed by atoms with Gasteiger partial charge in [0.05, 0.1) is 17.5 Å². The predicted octanol–water partition coefficient (Wildman–Crippen LogP) is 2.89. The zero-order valence-corrected chi connectivity index (χ0v) is 13.8. The number of benzene rings is 1. The lowest BCUT2D eigenvalue weighted by molar-refractivity contribution is 0.339. The van der Waals surface area contributed by atoms with Gasteiger partial charge >= 0.3 is 0 Å². The third-order valence-corrected chi connectivity index (χ3v) is 5.56. The summed E-state index contributed by atoms with van der Waals surface area (Å²) in [7, 11) is -3.59. The highest BCUT2D eigenvalue weighted by Crippen LogP contribution is 2.23. The summed E-state index contributed by atoms with van der Waals surface area (Å²) in [6, 6.07) is 4.60. The smallest absolute Gasteiger partial charge is 0.241 e. The molecule has 1 N–H and O–H groups in total. The Balaban J connectivity index is 2.23. The molecule has 2 rings (SSSR count). The van der Waals surface area contributed by atoms with E-state index in [9.17, 15) is 8.42 Å². The minimum absolute atomic E-state index is 0.259. The Hall–Kier alpha value is -1.44. The van der Waals surface area contributed by atoms with Crippen molar-refractivity contribution in [3.8, 4) is 5.75 Å². The van der Waals surface area contributed by atoms with Crippen LogP contribution < -0.4 is 9.46 Å². The molecule has 7 heteroatoms. The van der Waals surface area contributed by atoms with E-state index in [-0.39, 0.29) is 10.9 Å². The molecule has 0 aliphatic carbocycles. The van der Waals surface area contributed by atoms with E-state index in [0.29, 0.717) is 17.9 Å². The standard InChI is InChI=1S/C14H18N2O3S2/c1-4-19-12-5-6-13(10(2)9-12)21(17,18)16-11(3)14-15-7-8-20-14/h5-9,11,16H,4H2,1-3H3/t11-/m0/s1. The molecule has 1 aromatic heterocycles. The highest BCUT2D eigenvalue weighted by Gasteiger charge is 2.21. The number of aromatic nitrogens is 1. The molecular formula is C14H18N2O3S2. The molecule has 1 atom stereocenters. The monoisotopic (exact) mass is 326 g/mol. The average Bonchev–Trinajstić information content (AvgIpc) is 2.92. The molecule has 114 valence electrons. The minimum atomic E-state index is -3.59. The van der Waals surface area contributed by atoms with Gasteiger partial charge in [0.15, 0.2) is 0 Å². The molecule has 2 aromatic rings. The third kappa shape index (κ3) is 3.81. The van der Waals surface area contributed by atoms with Crippen LogP contribution in [0.1, 0.15) is 30.5 Å². The summed E-state index contributed by atoms with van der Waals surface area (Å²) in [6.45, 7) is 5.97. The number of sulfonamides is 1. The highest BCUT2D eigenvalue weighted by molar-refractivity contribution is 7.89. The van der Waals surface area contributed by atoms with Gasteiger partial charge < -0.3 is 4.74 Å². The van der Waals surface area contributed by atoms with E-state index in [1.54, 1.807) is 38.2 Å². The molecule has 0 aliphatic heterocycles. The Morgan fingerprint density at radius 3 is 2.76 bits per heavy atom. The summed E-state index contributed by atoms with van der Waals surface area (Å²) in [5.74, 6) is 0.668. The fourth-order valence-electron chi connectivity index (χ4n) is 1.97. The van der Waals surface area contributed by atoms with Gasteiger partial charge in [0.25, 0.3) is 0 Å². The molecule has 1 heterocycles. The Morgan fingerprint density at radius 1 is 1.43 bits per heavy atom. The normalized spacial score (nSPS) is 13.1. The summed E-state index contributed by atoms with van der Waals surface area (Å²) in [4.78, 5) is 4.39. The van der Waals surface area contributed by atoms with Crippen molar-refractivity contribution < 1.29 is 13.2 Å². The first-order valence-corrected chi connectivity index (χ1v) is 8.95. The summed E-state index contributed by atoms with van der Waals surface area (Å²) in [6.07, 6.45) is 1.66. The van der Waals surface area contributed by atoms with E-state index < -0.39 is 10.0 Å². The molecule has 0 spiro atoms. The predicted molar refractivity (Wildman–Crippen MR) is 83.2 cm³/mol. The van der Waals surface area contributed by atoms with E-state index in [1.165, 1.54) is 11.3 Å². The van der Waals surface area contributed by atoms with Crippen molar-refractivity contribution in [2.75, 3.05) is 6.61 Å². The van der Waals surface area contributed by atoms with Crippen LogP contribution in [-0.2, 0) is 10.0 Å². The van der Waals surface area contributed by atoms with E-state index in [0.717, 1.165) is 5.01 Å². The molecule has 0 fully saturated rings. The second-order valence-electron chi connectivity index (χ2n) is 4.57. The molecule has 0 saturated heterocycles. The Labute approximate surface area is 129 Å². The van der Waals surface area contributed by atoms with E-state index in [2.05, 4.69) is 9.71 Å². The molecule has 0 unspecified atom stereocenters. The van der Waals surface area contributed by atoms with Crippen LogP contribution in [0.5, 0.6) is 5.75 Å². The molecule has 0 amide bonds. The second-order valence-corrected chi connectivity index (χ2v) is 7.18. The van der Waals surface area contributed by atoms with Gasteiger partial charge in [0.1, 0.15) is 10.8 Å². The highest BCUT2D eigenvalue weighted by atomic mass is 32.2. The van der Waals surface area contributed by atoms with Gasteiger partial charge in [0, 0.05) is 11.6 Å². The lowest BCUT2D eigenvalue weighted by atomic mass is 10.2. The summed E-state index contributed by atoms with van der Waals surface area (Å²) < 4.78 is 32.9. The molecule has 21 heavy (non-hydrogen) atoms. The van der Waals surface area contributed by atoms with Gasteiger partial charge in [-0.1, -0.05) is 0 Å². The molecule has 0 aliphatic rings. The van der Waals surface area contributed by atoms with Gasteiger partial charge in [0.2, 0.25) is 10.0 Å². The van der Waals surface area contributed by atoms with Crippen LogP contribution in [0.15, 0.2) is 34.7 Å². The number of hydrogen-bond donors (Lipinski definition) is 1. The lowest BCUT2D eigenvalue weighted by Crippen LogP contribution is -2.27. The van der Waals surface area contributed by atoms with E-state index in [1.807, 2.05) is 12.3 Å². The topological polar surface area (TPSA) is 68.3 Å². The first kappa shape index (κ1) is 15.9. The molecule has 0 radical (unpaired) electrons. The number of aryl methyl sites for hydroxylation is 1. The van der Waals surface area contributed by atoms with Crippen molar-refractivity contribution in [2.24, 2.45) is 0 Å². The van der Waals surface area contributed by atoms with Crippen LogP contribution in [0.2, 0.25) is 0 Å². The Bertz CT molecular complexity index is 697. The van der Waals surface area contributed by atoms with Crippen molar-refractivity contribution >= 4 is 21.4 Å². The van der Waals surface area contributed by atoms with Crippen molar-refractivity contribution in [1.29, 1.82) is 0 Å². The summed E-state index contributed by atoms with van der Waals surface area (Å²) in [5.41, 5.74) is 0.653. The maximum Gasteiger partial charge on any atom is 0.241 e. The maximum absolute atomic E-state index is 12.5. The average molecular weight is 326 g/mol. The Morgan fingerprint density at radius 2 is 2.19 bits per heavy atom. The fourth-order valence-corrected chi connectivity index (χ4v) is 4.13. The van der Waals surface area contributed by atoms with Gasteiger partial charge in [-0.15, -0.1) is 11.3 Å². The molecule has 0 bridgehead atoms. The van der Waals surface area contributed by atoms with Crippen LogP contribution in [0.4, 0.5) is 0 Å². The van der Waals surface area contributed by atoms with Crippen LogP contribution in [-0.4, -0.2) is 20.0 Å². The number of thiazole rings is 1. The first-order chi connectivity index (χ1) is 9.94. The van der Waals surface area contributed by atoms with Gasteiger partial charge in [-0.2, -0.15) is 0 Å². The third-order valence-electron chi connectivity index (χ3n) is 2.90.